The van der Waals surface area contributed by atoms with E-state index in [0.717, 1.165) is 39.9 Å². The van der Waals surface area contributed by atoms with Crippen LogP contribution in [-0.2, 0) is 28.8 Å². The fraction of sp³-hybridized carbons (Fsp3) is 0. The van der Waals surface area contributed by atoms with Crippen LogP contribution in [0.4, 0.5) is 0 Å². The second-order valence-corrected chi connectivity index (χ2v) is 59.4. The molecule has 0 bridgehead atoms. The van der Waals surface area contributed by atoms with Crippen LogP contribution in [0.1, 0.15) is 0 Å². The molecule has 0 heterocycles. The number of esters is 6. The molecule has 21 heteroatoms. The van der Waals surface area contributed by atoms with Crippen molar-refractivity contribution in [1.29, 1.82) is 0 Å². The van der Waals surface area contributed by atoms with Crippen LogP contribution in [0, 0.1) is 0 Å². The molecule has 468 valence electrons. The Hall–Kier alpha value is -7.21. The van der Waals surface area contributed by atoms with E-state index in [1.807, 2.05) is 72.8 Å². The summed E-state index contributed by atoms with van der Waals surface area (Å²) >= 11 is -9.19. The Balaban J connectivity index is 1.42. The van der Waals surface area contributed by atoms with Crippen LogP contribution < -0.4 is 39.0 Å². The fourth-order valence-corrected chi connectivity index (χ4v) is 56.7. The first-order valence-corrected chi connectivity index (χ1v) is 54.7. The normalized spacial score (nSPS) is 11.4. The van der Waals surface area contributed by atoms with Gasteiger partial charge in [0.05, 0.1) is 0 Å². The molecule has 7 aromatic rings. The quantitative estimate of drug-likeness (QED) is 0.0126. The Morgan fingerprint density at radius 1 is 0.247 bits per heavy atom. The molecular formula is C72H57O12S6Sb3. The minimum absolute atomic E-state index is 0.374. The molecule has 12 nitrogen and oxygen atoms in total. The van der Waals surface area contributed by atoms with Crippen molar-refractivity contribution in [2.45, 2.75) is 29.4 Å². The molecular weight excluding hydrogens is 1610 g/mol. The van der Waals surface area contributed by atoms with E-state index in [1.165, 1.54) is 109 Å². The van der Waals surface area contributed by atoms with Crippen LogP contribution >= 0.6 is 53.1 Å². The zero-order chi connectivity index (χ0) is 66.2. The predicted octanol–water partition coefficient (Wildman–Crippen LogP) is 15.4. The molecule has 0 unspecified atom stereocenters. The van der Waals surface area contributed by atoms with Crippen molar-refractivity contribution in [2.24, 2.45) is 0 Å². The van der Waals surface area contributed by atoms with Gasteiger partial charge in [0.25, 0.3) is 0 Å². The third kappa shape index (κ3) is 26.3. The van der Waals surface area contributed by atoms with E-state index >= 15 is 0 Å². The average molecular weight is 1670 g/mol. The molecule has 0 amide bonds. The van der Waals surface area contributed by atoms with Gasteiger partial charge in [0.1, 0.15) is 0 Å². The van der Waals surface area contributed by atoms with Gasteiger partial charge in [-0.2, -0.15) is 0 Å². The molecule has 7 rings (SSSR count). The molecule has 0 aromatic heterocycles. The summed E-state index contributed by atoms with van der Waals surface area (Å²) in [5.41, 5.74) is 0. The number of carbonyl (C=O) groups is 6. The summed E-state index contributed by atoms with van der Waals surface area (Å²) in [5, 5.41) is 0. The van der Waals surface area contributed by atoms with E-state index in [0.29, 0.717) is 34.5 Å². The second kappa shape index (κ2) is 40.1. The number of ether oxygens (including phenoxy) is 6. The van der Waals surface area contributed by atoms with Crippen molar-refractivity contribution in [3.05, 3.63) is 313 Å². The van der Waals surface area contributed by atoms with Crippen LogP contribution in [0.2, 0.25) is 0 Å². The van der Waals surface area contributed by atoms with E-state index in [-0.39, 0.29) is 0 Å². The van der Waals surface area contributed by atoms with Gasteiger partial charge in [-0.15, -0.1) is 0 Å². The van der Waals surface area contributed by atoms with Crippen LogP contribution in [0.3, 0.4) is 0 Å². The topological polar surface area (TPSA) is 158 Å². The molecule has 0 saturated carbocycles. The molecule has 0 aliphatic heterocycles. The van der Waals surface area contributed by atoms with Gasteiger partial charge in [-0.05, 0) is 0 Å². The van der Waals surface area contributed by atoms with Gasteiger partial charge in [0.15, 0.2) is 0 Å². The summed E-state index contributed by atoms with van der Waals surface area (Å²) < 4.78 is 37.2. The van der Waals surface area contributed by atoms with Crippen molar-refractivity contribution in [2.75, 3.05) is 0 Å². The molecule has 0 radical (unpaired) electrons. The number of rotatable bonds is 33. The van der Waals surface area contributed by atoms with Crippen molar-refractivity contribution in [3.63, 3.8) is 0 Å². The van der Waals surface area contributed by atoms with E-state index in [2.05, 4.69) is 57.7 Å². The second-order valence-electron chi connectivity index (χ2n) is 18.0. The summed E-state index contributed by atoms with van der Waals surface area (Å²) in [5.74, 6) is -0.993. The van der Waals surface area contributed by atoms with Gasteiger partial charge < -0.3 is 0 Å². The third-order valence-electron chi connectivity index (χ3n) is 11.1. The van der Waals surface area contributed by atoms with Crippen molar-refractivity contribution in [1.82, 2.24) is 0 Å². The Bertz CT molecular complexity index is 3340. The van der Waals surface area contributed by atoms with Crippen molar-refractivity contribution < 1.29 is 57.2 Å². The van der Waals surface area contributed by atoms with E-state index < -0.39 is 88.0 Å². The summed E-state index contributed by atoms with van der Waals surface area (Å²) in [6.07, 6.45) is 25.8. The standard InChI is InChI=1S/6C11H10O2S.C6H3.3Sb/c6*1-2-3-4-11(12)13-9-5-7-10(14)8-6-9;1-2-4-6-5-3-1;;;/h6*2-8,14H,1H2;1,4-5H;;;/q;;;;;;;3*+2/p-6. The van der Waals surface area contributed by atoms with Crippen molar-refractivity contribution in [3.8, 4) is 34.5 Å². The predicted molar refractivity (Wildman–Crippen MR) is 386 cm³/mol. The number of carbonyl (C=O) groups excluding carboxylic acids is 6. The summed E-state index contributed by atoms with van der Waals surface area (Å²) in [7, 11) is 10.7. The SMILES string of the molecule is C=CC=CC(=O)Oc1ccc([S][Sb]([S]c2ccc(OC(=O)C=CC=C)cc2)[c]2c[c]([Sb]([S]c3ccc(OC(=O)C=CC=C)cc3)[S]c3ccc(OC(=O)C=CC=C)cc3)c[c]([Sb]([S]c3ccc(OC(=O)C=CC=C)cc3)[S]c3ccc(OC(=O)C=CC=C)cc3)c2)cc1. The van der Waals surface area contributed by atoms with Gasteiger partial charge in [-0.25, -0.2) is 0 Å². The number of hydrogen-bond donors (Lipinski definition) is 0. The summed E-state index contributed by atoms with van der Waals surface area (Å²) in [6, 6.07) is 51.8. The monoisotopic (exact) mass is 1670 g/mol. The Morgan fingerprint density at radius 2 is 0.387 bits per heavy atom. The molecule has 0 aliphatic rings. The first-order valence-electron chi connectivity index (χ1n) is 27.5. The van der Waals surface area contributed by atoms with E-state index in [1.54, 1.807) is 126 Å². The van der Waals surface area contributed by atoms with Crippen LogP contribution in [0.25, 0.3) is 0 Å². The number of allylic oxidation sites excluding steroid dienone is 12. The van der Waals surface area contributed by atoms with Gasteiger partial charge in [-0.3, -0.25) is 0 Å². The molecule has 0 atom stereocenters. The average Bonchev–Trinajstić information content (AvgIpc) is 0.845. The third-order valence-corrected chi connectivity index (χ3v) is 57.7. The van der Waals surface area contributed by atoms with Gasteiger partial charge in [-0.1, -0.05) is 0 Å². The van der Waals surface area contributed by atoms with Crippen molar-refractivity contribution >= 4 is 152 Å². The molecule has 93 heavy (non-hydrogen) atoms. The molecule has 7 aromatic carbocycles. The maximum absolute atomic E-state index is 12.6. The number of benzene rings is 7. The zero-order valence-corrected chi connectivity index (χ0v) is 62.0. The Labute approximate surface area is 578 Å². The van der Waals surface area contributed by atoms with E-state index in [4.69, 9.17) is 28.4 Å². The number of hydrogen-bond acceptors (Lipinski definition) is 18. The maximum atomic E-state index is 12.6. The first-order chi connectivity index (χ1) is 45.2. The summed E-state index contributed by atoms with van der Waals surface area (Å²) in [4.78, 5) is 81.6. The molecule has 0 N–H and O–H groups in total. The summed E-state index contributed by atoms with van der Waals surface area (Å²) in [6.45, 7) is 21.9. The fourth-order valence-electron chi connectivity index (χ4n) is 7.03. The van der Waals surface area contributed by atoms with Crippen LogP contribution in [-0.4, -0.2) is 88.0 Å². The van der Waals surface area contributed by atoms with Gasteiger partial charge >= 0.3 is 585 Å². The van der Waals surface area contributed by atoms with Gasteiger partial charge in [0.2, 0.25) is 0 Å². The Morgan fingerprint density at radius 3 is 0.516 bits per heavy atom. The Kier molecular flexibility index (Phi) is 31.6. The molecule has 0 saturated heterocycles. The van der Waals surface area contributed by atoms with Crippen LogP contribution in [0.15, 0.2) is 342 Å². The van der Waals surface area contributed by atoms with Crippen LogP contribution in [0.5, 0.6) is 34.5 Å². The van der Waals surface area contributed by atoms with Gasteiger partial charge in [0, 0.05) is 0 Å². The first kappa shape index (κ1) is 73.2. The van der Waals surface area contributed by atoms with E-state index in [9.17, 15) is 28.8 Å². The zero-order valence-electron chi connectivity index (χ0n) is 49.4. The molecule has 0 aliphatic carbocycles. The molecule has 0 spiro atoms. The molecule has 0 fully saturated rings. The minimum atomic E-state index is -3.06.